The molecular formula is C27H35N3O2S2. The minimum atomic E-state index is -3.49. The summed E-state index contributed by atoms with van der Waals surface area (Å²) < 4.78 is 30.6. The fraction of sp³-hybridized carbons (Fsp3) is 0.444. The smallest absolute Gasteiger partial charge is 0.243 e. The molecule has 0 saturated carbocycles. The molecule has 1 aliphatic heterocycles. The third kappa shape index (κ3) is 5.88. The summed E-state index contributed by atoms with van der Waals surface area (Å²) >= 11 is 1.61. The number of benzene rings is 2. The van der Waals surface area contributed by atoms with Gasteiger partial charge in [0.25, 0.3) is 0 Å². The number of sulfonamides is 1. The Morgan fingerprint density at radius 1 is 1.00 bits per heavy atom. The van der Waals surface area contributed by atoms with Crippen molar-refractivity contribution in [1.82, 2.24) is 8.87 Å². The second-order valence-corrected chi connectivity index (χ2v) is 12.0. The predicted molar refractivity (Wildman–Crippen MR) is 141 cm³/mol. The largest absolute Gasteiger partial charge is 0.316 e. The van der Waals surface area contributed by atoms with E-state index < -0.39 is 10.0 Å². The van der Waals surface area contributed by atoms with Crippen LogP contribution in [0, 0.1) is 5.92 Å². The Kier molecular flexibility index (Phi) is 8.40. The van der Waals surface area contributed by atoms with Crippen LogP contribution in [0.4, 0.5) is 5.69 Å². The summed E-state index contributed by atoms with van der Waals surface area (Å²) in [7, 11) is -3.49. The maximum Gasteiger partial charge on any atom is 0.243 e. The molecule has 2 heterocycles. The number of nitrogens with zero attached hydrogens (tertiary/aromatic N) is 3. The summed E-state index contributed by atoms with van der Waals surface area (Å²) in [5.41, 5.74) is 2.88. The van der Waals surface area contributed by atoms with Gasteiger partial charge in [-0.05, 0) is 49.4 Å². The van der Waals surface area contributed by atoms with Crippen molar-refractivity contribution in [2.24, 2.45) is 10.9 Å². The molecule has 0 radical (unpaired) electrons. The van der Waals surface area contributed by atoms with E-state index in [1.54, 1.807) is 21.7 Å². The molecule has 1 aromatic heterocycles. The van der Waals surface area contributed by atoms with E-state index in [2.05, 4.69) is 23.8 Å². The Morgan fingerprint density at radius 3 is 2.50 bits per heavy atom. The zero-order valence-electron chi connectivity index (χ0n) is 20.2. The van der Waals surface area contributed by atoms with E-state index in [-0.39, 0.29) is 0 Å². The number of unbranched alkanes of at least 4 members (excludes halogenated alkanes) is 3. The molecule has 0 bridgehead atoms. The molecule has 7 heteroatoms. The van der Waals surface area contributed by atoms with E-state index in [1.165, 1.54) is 19.3 Å². The number of piperidine rings is 1. The first-order chi connectivity index (χ1) is 16.5. The highest BCUT2D eigenvalue weighted by molar-refractivity contribution is 7.89. The molecule has 0 atom stereocenters. The maximum absolute atomic E-state index is 13.4. The van der Waals surface area contributed by atoms with Crippen LogP contribution in [0.1, 0.15) is 52.4 Å². The zero-order chi connectivity index (χ0) is 24.0. The minimum Gasteiger partial charge on any atom is -0.316 e. The fourth-order valence-electron chi connectivity index (χ4n) is 4.37. The van der Waals surface area contributed by atoms with Gasteiger partial charge in [-0.3, -0.25) is 0 Å². The van der Waals surface area contributed by atoms with Crippen LogP contribution >= 0.6 is 11.3 Å². The molecule has 0 aliphatic carbocycles. The third-order valence-corrected chi connectivity index (χ3v) is 9.28. The van der Waals surface area contributed by atoms with Crippen LogP contribution in [0.25, 0.3) is 11.3 Å². The first kappa shape index (κ1) is 24.9. The minimum absolute atomic E-state index is 0.379. The van der Waals surface area contributed by atoms with Gasteiger partial charge in [0.15, 0.2) is 4.80 Å². The lowest BCUT2D eigenvalue weighted by Gasteiger charge is -2.29. The van der Waals surface area contributed by atoms with E-state index >= 15 is 0 Å². The summed E-state index contributed by atoms with van der Waals surface area (Å²) in [5, 5.41) is 2.11. The summed E-state index contributed by atoms with van der Waals surface area (Å²) in [6.45, 7) is 6.48. The van der Waals surface area contributed by atoms with E-state index in [1.807, 2.05) is 48.5 Å². The topological polar surface area (TPSA) is 54.7 Å². The molecule has 182 valence electrons. The van der Waals surface area contributed by atoms with Gasteiger partial charge in [0, 0.05) is 30.6 Å². The van der Waals surface area contributed by atoms with Gasteiger partial charge < -0.3 is 4.57 Å². The molecule has 0 unspecified atom stereocenters. The predicted octanol–water partition coefficient (Wildman–Crippen LogP) is 6.45. The summed E-state index contributed by atoms with van der Waals surface area (Å²) in [4.78, 5) is 6.21. The van der Waals surface area contributed by atoms with Crippen molar-refractivity contribution in [2.45, 2.75) is 63.8 Å². The molecule has 3 aromatic rings. The highest BCUT2D eigenvalue weighted by Gasteiger charge is 2.28. The Labute approximate surface area is 207 Å². The first-order valence-electron chi connectivity index (χ1n) is 12.4. The average molecular weight is 498 g/mol. The number of aromatic nitrogens is 1. The fourth-order valence-corrected chi connectivity index (χ4v) is 6.84. The Balaban J connectivity index is 1.69. The van der Waals surface area contributed by atoms with Crippen molar-refractivity contribution in [3.05, 3.63) is 64.8 Å². The number of para-hydroxylation sites is 1. The lowest BCUT2D eigenvalue weighted by atomic mass is 10.0. The van der Waals surface area contributed by atoms with E-state index in [9.17, 15) is 8.42 Å². The molecule has 1 fully saturated rings. The van der Waals surface area contributed by atoms with Gasteiger partial charge >= 0.3 is 0 Å². The standard InChI is InChI=1S/C27H35N3O2S2/c1-3-4-5-9-17-30-26(21-33-27(30)28-24-12-7-6-8-13-24)23-11-10-14-25(20-23)34(31,32)29-18-15-22(2)16-19-29/h6-8,10-14,20-22H,3-5,9,15-19H2,1-2H3. The average Bonchev–Trinajstić information content (AvgIpc) is 3.25. The number of thiazole rings is 1. The SMILES string of the molecule is CCCCCCn1c(-c2cccc(S(=O)(=O)N3CCC(C)CC3)c2)csc1=Nc1ccccc1. The summed E-state index contributed by atoms with van der Waals surface area (Å²) in [6.07, 6.45) is 6.50. The summed E-state index contributed by atoms with van der Waals surface area (Å²) in [5.74, 6) is 0.585. The lowest BCUT2D eigenvalue weighted by Crippen LogP contribution is -2.37. The van der Waals surface area contributed by atoms with Crippen molar-refractivity contribution < 1.29 is 8.42 Å². The molecule has 4 rings (SSSR count). The second-order valence-electron chi connectivity index (χ2n) is 9.18. The quantitative estimate of drug-likeness (QED) is 0.319. The molecular weight excluding hydrogens is 462 g/mol. The number of rotatable bonds is 9. The Morgan fingerprint density at radius 2 is 1.76 bits per heavy atom. The highest BCUT2D eigenvalue weighted by atomic mass is 32.2. The van der Waals surface area contributed by atoms with Crippen LogP contribution in [0.5, 0.6) is 0 Å². The third-order valence-electron chi connectivity index (χ3n) is 6.52. The molecule has 34 heavy (non-hydrogen) atoms. The molecule has 1 saturated heterocycles. The Bertz CT molecular complexity index is 1240. The van der Waals surface area contributed by atoms with Crippen molar-refractivity contribution in [3.63, 3.8) is 0 Å². The van der Waals surface area contributed by atoms with Crippen molar-refractivity contribution in [2.75, 3.05) is 13.1 Å². The molecule has 0 spiro atoms. The van der Waals surface area contributed by atoms with E-state index in [4.69, 9.17) is 4.99 Å². The first-order valence-corrected chi connectivity index (χ1v) is 14.7. The number of hydrogen-bond acceptors (Lipinski definition) is 4. The second kappa shape index (κ2) is 11.5. The van der Waals surface area contributed by atoms with Gasteiger partial charge in [-0.2, -0.15) is 4.31 Å². The van der Waals surface area contributed by atoms with E-state index in [0.717, 1.165) is 47.6 Å². The van der Waals surface area contributed by atoms with Crippen LogP contribution in [0.2, 0.25) is 0 Å². The molecule has 0 N–H and O–H groups in total. The van der Waals surface area contributed by atoms with Crippen LogP contribution in [-0.2, 0) is 16.6 Å². The normalized spacial score (nSPS) is 16.2. The van der Waals surface area contributed by atoms with Gasteiger partial charge in [0.05, 0.1) is 16.3 Å². The maximum atomic E-state index is 13.4. The van der Waals surface area contributed by atoms with Gasteiger partial charge in [-0.15, -0.1) is 11.3 Å². The van der Waals surface area contributed by atoms with Gasteiger partial charge in [-0.25, -0.2) is 13.4 Å². The molecule has 5 nitrogen and oxygen atoms in total. The highest BCUT2D eigenvalue weighted by Crippen LogP contribution is 2.28. The monoisotopic (exact) mass is 497 g/mol. The molecule has 0 amide bonds. The van der Waals surface area contributed by atoms with Crippen molar-refractivity contribution in [1.29, 1.82) is 0 Å². The van der Waals surface area contributed by atoms with Crippen LogP contribution in [0.3, 0.4) is 0 Å². The number of hydrogen-bond donors (Lipinski definition) is 0. The molecule has 2 aromatic carbocycles. The summed E-state index contributed by atoms with van der Waals surface area (Å²) in [6, 6.07) is 17.4. The molecule has 1 aliphatic rings. The van der Waals surface area contributed by atoms with Gasteiger partial charge in [0.2, 0.25) is 10.0 Å². The van der Waals surface area contributed by atoms with Crippen LogP contribution in [0.15, 0.2) is 69.9 Å². The van der Waals surface area contributed by atoms with Crippen LogP contribution in [-0.4, -0.2) is 30.4 Å². The zero-order valence-corrected chi connectivity index (χ0v) is 21.8. The van der Waals surface area contributed by atoms with Gasteiger partial charge in [0.1, 0.15) is 0 Å². The Hall–Kier alpha value is -2.22. The van der Waals surface area contributed by atoms with Gasteiger partial charge in [-0.1, -0.05) is 63.4 Å². The van der Waals surface area contributed by atoms with Crippen LogP contribution < -0.4 is 4.80 Å². The lowest BCUT2D eigenvalue weighted by molar-refractivity contribution is 0.288. The van der Waals surface area contributed by atoms with E-state index in [0.29, 0.717) is 23.9 Å². The van der Waals surface area contributed by atoms with Crippen molar-refractivity contribution >= 4 is 27.0 Å². The van der Waals surface area contributed by atoms with Crippen molar-refractivity contribution in [3.8, 4) is 11.3 Å².